The average molecular weight is 537 g/mol. The normalized spacial score (nSPS) is 31.9. The third-order valence-electron chi connectivity index (χ3n) is 9.71. The van der Waals surface area contributed by atoms with Gasteiger partial charge < -0.3 is 20.1 Å². The predicted molar refractivity (Wildman–Crippen MR) is 141 cm³/mol. The van der Waals surface area contributed by atoms with Gasteiger partial charge in [0, 0.05) is 36.2 Å². The van der Waals surface area contributed by atoms with Gasteiger partial charge in [0.15, 0.2) is 0 Å². The first-order chi connectivity index (χ1) is 18.8. The van der Waals surface area contributed by atoms with E-state index in [1.165, 1.54) is 0 Å². The molecule has 5 heterocycles. The fourth-order valence-corrected chi connectivity index (χ4v) is 7.60. The molecule has 7 rings (SSSR count). The number of anilines is 2. The van der Waals surface area contributed by atoms with E-state index in [-0.39, 0.29) is 37.2 Å². The highest BCUT2D eigenvalue weighted by Gasteiger charge is 2.50. The highest BCUT2D eigenvalue weighted by molar-refractivity contribution is 5.64. The summed E-state index contributed by atoms with van der Waals surface area (Å²) < 4.78 is 41.1. The van der Waals surface area contributed by atoms with Crippen molar-refractivity contribution in [1.82, 2.24) is 14.9 Å². The number of fused-ring (bicyclic) bond motifs is 4. The minimum atomic E-state index is -0.894. The van der Waals surface area contributed by atoms with Crippen LogP contribution in [-0.4, -0.2) is 65.5 Å². The Morgan fingerprint density at radius 3 is 2.85 bits per heavy atom. The third kappa shape index (κ3) is 3.88. The second-order valence-corrected chi connectivity index (χ2v) is 12.1. The monoisotopic (exact) mass is 536 g/mol. The Hall–Kier alpha value is -3.03. The smallest absolute Gasteiger partial charge is 0.318 e. The number of benzene rings is 1. The minimum absolute atomic E-state index is 0.240. The highest BCUT2D eigenvalue weighted by atomic mass is 19.1. The van der Waals surface area contributed by atoms with Crippen molar-refractivity contribution in [1.29, 1.82) is 5.26 Å². The Labute approximate surface area is 227 Å². The molecule has 8 nitrogen and oxygen atoms in total. The van der Waals surface area contributed by atoms with Crippen LogP contribution >= 0.6 is 0 Å². The maximum atomic E-state index is 14.3. The molecule has 4 aliphatic heterocycles. The molecule has 5 aliphatic rings. The number of hydrogen-bond acceptors (Lipinski definition) is 8. The van der Waals surface area contributed by atoms with Crippen LogP contribution in [0.15, 0.2) is 12.1 Å². The van der Waals surface area contributed by atoms with Crippen LogP contribution in [0.2, 0.25) is 0 Å². The van der Waals surface area contributed by atoms with E-state index in [0.29, 0.717) is 43.1 Å². The molecule has 0 amide bonds. The molecule has 0 saturated carbocycles. The molecule has 3 fully saturated rings. The topological polar surface area (TPSA) is 101 Å². The molecule has 0 bridgehead atoms. The molecule has 2 N–H and O–H groups in total. The summed E-state index contributed by atoms with van der Waals surface area (Å²) in [6.07, 6.45) is 2.74. The minimum Gasteiger partial charge on any atom is -0.461 e. The van der Waals surface area contributed by atoms with Crippen molar-refractivity contribution >= 4 is 11.5 Å². The second-order valence-electron chi connectivity index (χ2n) is 12.1. The first-order valence-electron chi connectivity index (χ1n) is 14.1. The van der Waals surface area contributed by atoms with Crippen molar-refractivity contribution in [3.05, 3.63) is 40.1 Å². The molecule has 2 aromatic rings. The van der Waals surface area contributed by atoms with Crippen molar-refractivity contribution in [2.45, 2.75) is 81.5 Å². The van der Waals surface area contributed by atoms with Crippen LogP contribution in [0.25, 0.3) is 0 Å². The van der Waals surface area contributed by atoms with Crippen molar-refractivity contribution in [2.75, 3.05) is 43.4 Å². The maximum absolute atomic E-state index is 14.3. The molecule has 206 valence electrons. The number of aromatic nitrogens is 2. The van der Waals surface area contributed by atoms with Crippen molar-refractivity contribution < 1.29 is 18.3 Å². The fraction of sp³-hybridized carbons (Fsp3) is 0.621. The van der Waals surface area contributed by atoms with Gasteiger partial charge in [-0.2, -0.15) is 15.2 Å². The number of nitrogens with two attached hydrogens (primary N) is 1. The van der Waals surface area contributed by atoms with E-state index in [1.54, 1.807) is 0 Å². The molecule has 1 aromatic heterocycles. The summed E-state index contributed by atoms with van der Waals surface area (Å²) in [6, 6.07) is 6.40. The zero-order chi connectivity index (χ0) is 26.9. The molecular weight excluding hydrogens is 502 g/mol. The van der Waals surface area contributed by atoms with Gasteiger partial charge in [-0.05, 0) is 49.8 Å². The second kappa shape index (κ2) is 9.00. The van der Waals surface area contributed by atoms with E-state index in [0.717, 1.165) is 54.6 Å². The summed E-state index contributed by atoms with van der Waals surface area (Å²) >= 11 is 0. The van der Waals surface area contributed by atoms with Gasteiger partial charge in [-0.1, -0.05) is 13.0 Å². The molecule has 1 spiro atoms. The van der Waals surface area contributed by atoms with Crippen molar-refractivity contribution in [3.63, 3.8) is 0 Å². The van der Waals surface area contributed by atoms with Crippen LogP contribution in [0.3, 0.4) is 0 Å². The first-order valence-corrected chi connectivity index (χ1v) is 14.1. The number of rotatable bonds is 4. The molecule has 4 atom stereocenters. The lowest BCUT2D eigenvalue weighted by Gasteiger charge is -2.45. The van der Waals surface area contributed by atoms with Gasteiger partial charge in [-0.25, -0.2) is 8.78 Å². The van der Waals surface area contributed by atoms with Gasteiger partial charge in [0.25, 0.3) is 0 Å². The summed E-state index contributed by atoms with van der Waals surface area (Å²) in [7, 11) is 0. The van der Waals surface area contributed by atoms with Crippen LogP contribution in [-0.2, 0) is 23.4 Å². The lowest BCUT2D eigenvalue weighted by Crippen LogP contribution is -2.50. The summed E-state index contributed by atoms with van der Waals surface area (Å²) in [6.45, 7) is 4.62. The van der Waals surface area contributed by atoms with Crippen LogP contribution in [0, 0.1) is 11.3 Å². The Balaban J connectivity index is 1.26. The van der Waals surface area contributed by atoms with Gasteiger partial charge in [0.1, 0.15) is 36.4 Å². The van der Waals surface area contributed by atoms with Gasteiger partial charge in [0.2, 0.25) is 0 Å². The first kappa shape index (κ1) is 25.0. The lowest BCUT2D eigenvalue weighted by atomic mass is 9.69. The quantitative estimate of drug-likeness (QED) is 0.587. The van der Waals surface area contributed by atoms with Crippen molar-refractivity contribution in [2.24, 2.45) is 0 Å². The number of halogens is 2. The van der Waals surface area contributed by atoms with Crippen LogP contribution < -0.4 is 15.4 Å². The Morgan fingerprint density at radius 1 is 1.21 bits per heavy atom. The number of nitriles is 1. The zero-order valence-corrected chi connectivity index (χ0v) is 22.3. The molecule has 10 heteroatoms. The number of ether oxygens (including phenoxy) is 2. The number of nitrogens with zero attached hydrogens (tertiary/aromatic N) is 5. The maximum Gasteiger partial charge on any atom is 0.318 e. The number of alkyl halides is 2. The van der Waals surface area contributed by atoms with E-state index < -0.39 is 17.9 Å². The van der Waals surface area contributed by atoms with Crippen molar-refractivity contribution in [3.8, 4) is 12.1 Å². The third-order valence-corrected chi connectivity index (χ3v) is 9.71. The van der Waals surface area contributed by atoms with Gasteiger partial charge >= 0.3 is 6.01 Å². The van der Waals surface area contributed by atoms with Crippen LogP contribution in [0.4, 0.5) is 20.3 Å². The number of hydrogen-bond donors (Lipinski definition) is 1. The van der Waals surface area contributed by atoms with Crippen LogP contribution in [0.5, 0.6) is 6.01 Å². The zero-order valence-electron chi connectivity index (χ0n) is 22.3. The average Bonchev–Trinajstić information content (AvgIpc) is 3.43. The fourth-order valence-electron chi connectivity index (χ4n) is 7.60. The SMILES string of the molecule is C[C@H]1CC[C@]2(Cc3nc(OCC45CCCN4C[C@H](F)C5)nc(N4CC(F)C4)c3CO2)c2c1ccc(N)c2C#N. The van der Waals surface area contributed by atoms with Crippen LogP contribution in [0.1, 0.15) is 72.9 Å². The van der Waals surface area contributed by atoms with E-state index in [1.807, 2.05) is 17.0 Å². The molecule has 0 radical (unpaired) electrons. The van der Waals surface area contributed by atoms with Gasteiger partial charge in [-0.15, -0.1) is 0 Å². The summed E-state index contributed by atoms with van der Waals surface area (Å²) in [5.74, 6) is 0.928. The molecule has 1 aliphatic carbocycles. The highest BCUT2D eigenvalue weighted by Crippen LogP contribution is 2.51. The molecule has 1 aromatic carbocycles. The molecule has 39 heavy (non-hydrogen) atoms. The van der Waals surface area contributed by atoms with E-state index in [2.05, 4.69) is 17.9 Å². The standard InChI is InChI=1S/C29H34F2N6O2/c1-17-5-7-29(25-20(17)3-4-23(33)21(25)11-32)10-24-22(15-39-29)26(36-12-19(31)13-36)35-27(34-24)38-16-28-6-2-8-37(28)14-18(30)9-28/h3-4,17-19H,2,5-10,12-16,33H2,1H3/t17-,18+,28?,29-/m0/s1. The summed E-state index contributed by atoms with van der Waals surface area (Å²) in [5, 5.41) is 10.1. The Bertz CT molecular complexity index is 1360. The largest absolute Gasteiger partial charge is 0.461 e. The predicted octanol–water partition coefficient (Wildman–Crippen LogP) is 3.91. The summed E-state index contributed by atoms with van der Waals surface area (Å²) in [4.78, 5) is 13.7. The molecular formula is C29H34F2N6O2. The van der Waals surface area contributed by atoms with E-state index >= 15 is 0 Å². The lowest BCUT2D eigenvalue weighted by molar-refractivity contribution is -0.0874. The molecule has 1 unspecified atom stereocenters. The van der Waals surface area contributed by atoms with E-state index in [9.17, 15) is 14.0 Å². The number of nitrogen functional groups attached to an aromatic ring is 1. The van der Waals surface area contributed by atoms with E-state index in [4.69, 9.17) is 25.2 Å². The van der Waals surface area contributed by atoms with Gasteiger partial charge in [-0.3, -0.25) is 4.90 Å². The Kier molecular flexibility index (Phi) is 5.76. The molecule has 3 saturated heterocycles. The van der Waals surface area contributed by atoms with Gasteiger partial charge in [0.05, 0.1) is 36.5 Å². The summed E-state index contributed by atoms with van der Waals surface area (Å²) in [5.41, 5.74) is 9.73. The Morgan fingerprint density at radius 2 is 2.05 bits per heavy atom.